The fourth-order valence-electron chi connectivity index (χ4n) is 2.70. The predicted octanol–water partition coefficient (Wildman–Crippen LogP) is 3.60. The van der Waals surface area contributed by atoms with Crippen LogP contribution in [0.15, 0.2) is 36.7 Å². The van der Waals surface area contributed by atoms with E-state index >= 15 is 0 Å². The number of carbonyl (C=O) groups excluding carboxylic acids is 1. The highest BCUT2D eigenvalue weighted by Gasteiger charge is 2.30. The van der Waals surface area contributed by atoms with Crippen molar-refractivity contribution in [2.75, 3.05) is 5.32 Å². The number of nitrogens with one attached hydrogen (secondary N) is 1. The van der Waals surface area contributed by atoms with E-state index in [1.165, 1.54) is 0 Å². The van der Waals surface area contributed by atoms with Crippen molar-refractivity contribution in [3.05, 3.63) is 58.9 Å². The normalized spacial score (nSPS) is 11.2. The van der Waals surface area contributed by atoms with Crippen LogP contribution in [0.25, 0.3) is 0 Å². The molecule has 126 valence electrons. The van der Waals surface area contributed by atoms with Crippen molar-refractivity contribution in [2.45, 2.75) is 34.1 Å². The Hall–Kier alpha value is -2.69. The fourth-order valence-corrected chi connectivity index (χ4v) is 2.70. The zero-order valence-corrected chi connectivity index (χ0v) is 14.4. The quantitative estimate of drug-likeness (QED) is 0.880. The van der Waals surface area contributed by atoms with Gasteiger partial charge in [-0.05, 0) is 57.4 Å². The lowest BCUT2D eigenvalue weighted by atomic mass is 9.82. The Bertz CT molecular complexity index is 768. The number of hydrogen-bond donors (Lipinski definition) is 2. The molecule has 0 saturated heterocycles. The minimum absolute atomic E-state index is 0.253. The van der Waals surface area contributed by atoms with Gasteiger partial charge in [-0.25, -0.2) is 0 Å². The number of aryl methyl sites for hydroxylation is 2. The summed E-state index contributed by atoms with van der Waals surface area (Å²) in [6.45, 7) is 7.13. The van der Waals surface area contributed by atoms with E-state index in [-0.39, 0.29) is 12.3 Å². The highest BCUT2D eigenvalue weighted by Crippen LogP contribution is 2.27. The zero-order chi connectivity index (χ0) is 17.9. The second kappa shape index (κ2) is 6.83. The van der Waals surface area contributed by atoms with E-state index in [9.17, 15) is 14.7 Å². The summed E-state index contributed by atoms with van der Waals surface area (Å²) < 4.78 is 0. The molecule has 0 radical (unpaired) electrons. The van der Waals surface area contributed by atoms with Crippen LogP contribution in [-0.4, -0.2) is 22.0 Å². The maximum Gasteiger partial charge on any atom is 0.309 e. The van der Waals surface area contributed by atoms with Gasteiger partial charge in [-0.2, -0.15) is 0 Å². The van der Waals surface area contributed by atoms with Gasteiger partial charge in [0.1, 0.15) is 0 Å². The van der Waals surface area contributed by atoms with Gasteiger partial charge < -0.3 is 10.4 Å². The molecule has 1 aromatic heterocycles. The van der Waals surface area contributed by atoms with Crippen molar-refractivity contribution in [2.24, 2.45) is 5.41 Å². The summed E-state index contributed by atoms with van der Waals surface area (Å²) in [6.07, 6.45) is 3.48. The molecule has 0 fully saturated rings. The Morgan fingerprint density at radius 2 is 1.96 bits per heavy atom. The lowest BCUT2D eigenvalue weighted by Gasteiger charge is -2.22. The number of amides is 1. The van der Waals surface area contributed by atoms with Crippen LogP contribution in [0.2, 0.25) is 0 Å². The van der Waals surface area contributed by atoms with Crippen LogP contribution in [0, 0.1) is 19.3 Å². The summed E-state index contributed by atoms with van der Waals surface area (Å²) >= 11 is 0. The minimum Gasteiger partial charge on any atom is -0.481 e. The van der Waals surface area contributed by atoms with Crippen LogP contribution in [0.3, 0.4) is 0 Å². The lowest BCUT2D eigenvalue weighted by molar-refractivity contribution is -0.146. The molecule has 5 heteroatoms. The van der Waals surface area contributed by atoms with Crippen molar-refractivity contribution >= 4 is 17.6 Å². The highest BCUT2D eigenvalue weighted by atomic mass is 16.4. The summed E-state index contributed by atoms with van der Waals surface area (Å²) in [5, 5.41) is 12.2. The molecule has 2 N–H and O–H groups in total. The van der Waals surface area contributed by atoms with Gasteiger partial charge in [0.25, 0.3) is 5.91 Å². The van der Waals surface area contributed by atoms with Gasteiger partial charge in [0.15, 0.2) is 0 Å². The number of carboxylic acids is 1. The standard InChI is InChI=1S/C19H22N2O3/c1-12-8-13(2)16(14(9-12)10-19(3,4)18(23)24)17(22)21-15-6-5-7-20-11-15/h5-9,11H,10H2,1-4H3,(H,21,22)(H,23,24). The summed E-state index contributed by atoms with van der Waals surface area (Å²) in [6, 6.07) is 7.31. The largest absolute Gasteiger partial charge is 0.481 e. The zero-order valence-electron chi connectivity index (χ0n) is 14.4. The molecule has 2 rings (SSSR count). The van der Waals surface area contributed by atoms with Crippen LogP contribution in [-0.2, 0) is 11.2 Å². The van der Waals surface area contributed by atoms with Gasteiger partial charge in [-0.1, -0.05) is 17.7 Å². The minimum atomic E-state index is -0.955. The van der Waals surface area contributed by atoms with Crippen molar-refractivity contribution in [1.29, 1.82) is 0 Å². The van der Waals surface area contributed by atoms with Gasteiger partial charge in [0.05, 0.1) is 17.3 Å². The molecule has 1 amide bonds. The van der Waals surface area contributed by atoms with Gasteiger partial charge in [0, 0.05) is 11.8 Å². The van der Waals surface area contributed by atoms with E-state index in [4.69, 9.17) is 0 Å². The van der Waals surface area contributed by atoms with Crippen LogP contribution in [0.5, 0.6) is 0 Å². The number of carbonyl (C=O) groups is 2. The fraction of sp³-hybridized carbons (Fsp3) is 0.316. The van der Waals surface area contributed by atoms with Gasteiger partial charge >= 0.3 is 5.97 Å². The number of pyridine rings is 1. The Morgan fingerprint density at radius 3 is 2.54 bits per heavy atom. The monoisotopic (exact) mass is 326 g/mol. The smallest absolute Gasteiger partial charge is 0.309 e. The SMILES string of the molecule is Cc1cc(C)c(C(=O)Nc2cccnc2)c(CC(C)(C)C(=O)O)c1. The van der Waals surface area contributed by atoms with Crippen LogP contribution in [0.4, 0.5) is 5.69 Å². The van der Waals surface area contributed by atoms with Crippen molar-refractivity contribution < 1.29 is 14.7 Å². The van der Waals surface area contributed by atoms with Crippen LogP contribution in [0.1, 0.15) is 40.9 Å². The number of benzene rings is 1. The molecule has 0 atom stereocenters. The molecule has 0 bridgehead atoms. The number of rotatable bonds is 5. The third-order valence-corrected chi connectivity index (χ3v) is 3.92. The van der Waals surface area contributed by atoms with Crippen LogP contribution < -0.4 is 5.32 Å². The molecule has 0 spiro atoms. The molecule has 5 nitrogen and oxygen atoms in total. The average molecular weight is 326 g/mol. The van der Waals surface area contributed by atoms with E-state index in [0.717, 1.165) is 16.7 Å². The Kier molecular flexibility index (Phi) is 5.02. The molecule has 1 heterocycles. The molecule has 1 aromatic carbocycles. The third-order valence-electron chi connectivity index (χ3n) is 3.92. The second-order valence-corrected chi connectivity index (χ2v) is 6.68. The molecular formula is C19H22N2O3. The number of nitrogens with zero attached hydrogens (tertiary/aromatic N) is 1. The molecule has 0 aliphatic heterocycles. The van der Waals surface area contributed by atoms with Crippen LogP contribution >= 0.6 is 0 Å². The second-order valence-electron chi connectivity index (χ2n) is 6.68. The first-order valence-corrected chi connectivity index (χ1v) is 7.75. The first kappa shape index (κ1) is 17.7. The van der Waals surface area contributed by atoms with Gasteiger partial charge in [-0.3, -0.25) is 14.6 Å². The number of hydrogen-bond acceptors (Lipinski definition) is 3. The van der Waals surface area contributed by atoms with Crippen molar-refractivity contribution in [1.82, 2.24) is 4.98 Å². The number of aliphatic carboxylic acids is 1. The third kappa shape index (κ3) is 3.98. The maximum absolute atomic E-state index is 12.7. The van der Waals surface area contributed by atoms with Gasteiger partial charge in [0.2, 0.25) is 0 Å². The predicted molar refractivity (Wildman–Crippen MR) is 93.2 cm³/mol. The molecule has 2 aromatic rings. The van der Waals surface area contributed by atoms with E-state index in [2.05, 4.69) is 10.3 Å². The van der Waals surface area contributed by atoms with Crippen molar-refractivity contribution in [3.8, 4) is 0 Å². The number of anilines is 1. The summed E-state index contributed by atoms with van der Waals surface area (Å²) in [4.78, 5) is 28.2. The molecule has 0 aliphatic rings. The van der Waals surface area contributed by atoms with Gasteiger partial charge in [-0.15, -0.1) is 0 Å². The molecule has 0 saturated carbocycles. The molecule has 24 heavy (non-hydrogen) atoms. The number of carboxylic acid groups (broad SMARTS) is 1. The average Bonchev–Trinajstić information content (AvgIpc) is 2.46. The summed E-state index contributed by atoms with van der Waals surface area (Å²) in [5.74, 6) is -1.14. The summed E-state index contributed by atoms with van der Waals surface area (Å²) in [5.41, 5.74) is 2.74. The first-order valence-electron chi connectivity index (χ1n) is 7.75. The van der Waals surface area contributed by atoms with E-state index in [0.29, 0.717) is 11.3 Å². The maximum atomic E-state index is 12.7. The summed E-state index contributed by atoms with van der Waals surface area (Å²) in [7, 11) is 0. The Balaban J connectivity index is 2.41. The lowest BCUT2D eigenvalue weighted by Crippen LogP contribution is -2.28. The van der Waals surface area contributed by atoms with Crippen molar-refractivity contribution in [3.63, 3.8) is 0 Å². The Labute approximate surface area is 141 Å². The van der Waals surface area contributed by atoms with E-state index < -0.39 is 11.4 Å². The Morgan fingerprint density at radius 1 is 1.25 bits per heavy atom. The molecule has 0 unspecified atom stereocenters. The topological polar surface area (TPSA) is 79.3 Å². The highest BCUT2D eigenvalue weighted by molar-refractivity contribution is 6.06. The van der Waals surface area contributed by atoms with E-state index in [1.54, 1.807) is 38.4 Å². The molecule has 0 aliphatic carbocycles. The van der Waals surface area contributed by atoms with E-state index in [1.807, 2.05) is 26.0 Å². The number of aromatic nitrogens is 1. The molecular weight excluding hydrogens is 304 g/mol. The first-order chi connectivity index (χ1) is 11.2.